The summed E-state index contributed by atoms with van der Waals surface area (Å²) in [5.74, 6) is -1.65. The molecule has 1 saturated heterocycles. The van der Waals surface area contributed by atoms with E-state index in [0.29, 0.717) is 13.1 Å². The van der Waals surface area contributed by atoms with E-state index in [2.05, 4.69) is 5.32 Å². The zero-order valence-corrected chi connectivity index (χ0v) is 11.3. The third-order valence-corrected chi connectivity index (χ3v) is 3.28. The molecular weight excluding hydrogens is 260 g/mol. The number of amides is 1. The SMILES string of the molecule is CCOC(=O)C1CNCCN1C(=O)CS(C)(=O)=O. The van der Waals surface area contributed by atoms with Crippen LogP contribution in [-0.2, 0) is 24.2 Å². The Hall–Kier alpha value is -1.15. The lowest BCUT2D eigenvalue weighted by Gasteiger charge is -2.34. The maximum absolute atomic E-state index is 11.8. The van der Waals surface area contributed by atoms with Gasteiger partial charge in [-0.05, 0) is 6.92 Å². The van der Waals surface area contributed by atoms with E-state index in [1.165, 1.54) is 4.90 Å². The Morgan fingerprint density at radius 1 is 1.44 bits per heavy atom. The molecule has 0 bridgehead atoms. The van der Waals surface area contributed by atoms with Gasteiger partial charge in [0.05, 0.1) is 6.61 Å². The highest BCUT2D eigenvalue weighted by atomic mass is 32.2. The molecule has 1 N–H and O–H groups in total. The molecule has 1 unspecified atom stereocenters. The first-order valence-corrected chi connectivity index (χ1v) is 7.75. The fourth-order valence-electron chi connectivity index (χ4n) is 1.76. The quantitative estimate of drug-likeness (QED) is 0.622. The van der Waals surface area contributed by atoms with E-state index in [9.17, 15) is 18.0 Å². The number of hydrogen-bond donors (Lipinski definition) is 1. The van der Waals surface area contributed by atoms with Crippen LogP contribution in [0.4, 0.5) is 0 Å². The fraction of sp³-hybridized carbons (Fsp3) is 0.800. The summed E-state index contributed by atoms with van der Waals surface area (Å²) in [5.41, 5.74) is 0. The molecule has 1 atom stereocenters. The number of carbonyl (C=O) groups is 2. The van der Waals surface area contributed by atoms with Crippen molar-refractivity contribution in [2.75, 3.05) is 38.2 Å². The predicted molar refractivity (Wildman–Crippen MR) is 64.7 cm³/mol. The molecular formula is C10H18N2O5S. The Bertz CT molecular complexity index is 420. The van der Waals surface area contributed by atoms with Gasteiger partial charge in [0.2, 0.25) is 5.91 Å². The minimum atomic E-state index is -3.40. The van der Waals surface area contributed by atoms with Crippen LogP contribution in [0.2, 0.25) is 0 Å². The van der Waals surface area contributed by atoms with E-state index >= 15 is 0 Å². The van der Waals surface area contributed by atoms with E-state index in [0.717, 1.165) is 6.26 Å². The first-order valence-electron chi connectivity index (χ1n) is 5.69. The van der Waals surface area contributed by atoms with E-state index in [1.807, 2.05) is 0 Å². The summed E-state index contributed by atoms with van der Waals surface area (Å²) in [7, 11) is -3.40. The predicted octanol–water partition coefficient (Wildman–Crippen LogP) is -1.61. The maximum Gasteiger partial charge on any atom is 0.330 e. The highest BCUT2D eigenvalue weighted by molar-refractivity contribution is 7.91. The number of sulfone groups is 1. The first kappa shape index (κ1) is 14.9. The Morgan fingerprint density at radius 2 is 2.11 bits per heavy atom. The van der Waals surface area contributed by atoms with Crippen LogP contribution in [0.15, 0.2) is 0 Å². The van der Waals surface area contributed by atoms with E-state index in [-0.39, 0.29) is 13.2 Å². The van der Waals surface area contributed by atoms with Gasteiger partial charge in [0, 0.05) is 25.9 Å². The third kappa shape index (κ3) is 4.26. The van der Waals surface area contributed by atoms with Crippen molar-refractivity contribution in [2.24, 2.45) is 0 Å². The first-order chi connectivity index (χ1) is 8.35. The number of nitrogens with one attached hydrogen (secondary N) is 1. The summed E-state index contributed by atoms with van der Waals surface area (Å²) in [5, 5.41) is 2.98. The van der Waals surface area contributed by atoms with Gasteiger partial charge < -0.3 is 15.0 Å². The van der Waals surface area contributed by atoms with Gasteiger partial charge in [0.15, 0.2) is 9.84 Å². The lowest BCUT2D eigenvalue weighted by atomic mass is 10.2. The number of piperazine rings is 1. The van der Waals surface area contributed by atoms with Gasteiger partial charge in [-0.15, -0.1) is 0 Å². The highest BCUT2D eigenvalue weighted by Gasteiger charge is 2.34. The molecule has 1 aliphatic heterocycles. The largest absolute Gasteiger partial charge is 0.464 e. The second-order valence-electron chi connectivity index (χ2n) is 4.13. The lowest BCUT2D eigenvalue weighted by molar-refractivity contribution is -0.155. The molecule has 0 spiro atoms. The van der Waals surface area contributed by atoms with Crippen molar-refractivity contribution in [2.45, 2.75) is 13.0 Å². The zero-order valence-electron chi connectivity index (χ0n) is 10.5. The van der Waals surface area contributed by atoms with Crippen molar-refractivity contribution in [3.05, 3.63) is 0 Å². The molecule has 0 aliphatic carbocycles. The van der Waals surface area contributed by atoms with Crippen LogP contribution in [-0.4, -0.2) is 69.5 Å². The van der Waals surface area contributed by atoms with Crippen molar-refractivity contribution in [3.63, 3.8) is 0 Å². The topological polar surface area (TPSA) is 92.8 Å². The summed E-state index contributed by atoms with van der Waals surface area (Å²) in [4.78, 5) is 24.8. The summed E-state index contributed by atoms with van der Waals surface area (Å²) in [6, 6.07) is -0.743. The van der Waals surface area contributed by atoms with Gasteiger partial charge in [-0.3, -0.25) is 4.79 Å². The number of rotatable bonds is 4. The minimum absolute atomic E-state index is 0.226. The monoisotopic (exact) mass is 278 g/mol. The molecule has 104 valence electrons. The number of carbonyl (C=O) groups excluding carboxylic acids is 2. The molecule has 1 fully saturated rings. The molecule has 1 amide bonds. The molecule has 1 aliphatic rings. The molecule has 7 nitrogen and oxygen atoms in total. The van der Waals surface area contributed by atoms with Gasteiger partial charge in [-0.2, -0.15) is 0 Å². The van der Waals surface area contributed by atoms with Crippen LogP contribution >= 0.6 is 0 Å². The molecule has 0 aromatic carbocycles. The average molecular weight is 278 g/mol. The number of nitrogens with zero attached hydrogens (tertiary/aromatic N) is 1. The molecule has 1 heterocycles. The van der Waals surface area contributed by atoms with Crippen LogP contribution in [0, 0.1) is 0 Å². The molecule has 8 heteroatoms. The summed E-state index contributed by atoms with van der Waals surface area (Å²) >= 11 is 0. The van der Waals surface area contributed by atoms with Crippen molar-refractivity contribution < 1.29 is 22.7 Å². The summed E-state index contributed by atoms with van der Waals surface area (Å²) in [6.45, 7) is 3.03. The molecule has 0 aromatic heterocycles. The van der Waals surface area contributed by atoms with Gasteiger partial charge in [-0.1, -0.05) is 0 Å². The minimum Gasteiger partial charge on any atom is -0.464 e. The second-order valence-corrected chi connectivity index (χ2v) is 6.27. The average Bonchev–Trinajstić information content (AvgIpc) is 2.27. The van der Waals surface area contributed by atoms with E-state index in [4.69, 9.17) is 4.74 Å². The molecule has 0 radical (unpaired) electrons. The number of hydrogen-bond acceptors (Lipinski definition) is 6. The standard InChI is InChI=1S/C10H18N2O5S/c1-3-17-10(14)8-6-11-4-5-12(8)9(13)7-18(2,15)16/h8,11H,3-7H2,1-2H3. The van der Waals surface area contributed by atoms with Crippen molar-refractivity contribution in [3.8, 4) is 0 Å². The molecule has 18 heavy (non-hydrogen) atoms. The van der Waals surface area contributed by atoms with Crippen molar-refractivity contribution in [1.82, 2.24) is 10.2 Å². The Labute approximate surface area is 106 Å². The summed E-state index contributed by atoms with van der Waals surface area (Å²) in [6.07, 6.45) is 0.993. The van der Waals surface area contributed by atoms with Crippen molar-refractivity contribution >= 4 is 21.7 Å². The van der Waals surface area contributed by atoms with Crippen LogP contribution in [0.3, 0.4) is 0 Å². The third-order valence-electron chi connectivity index (χ3n) is 2.51. The van der Waals surface area contributed by atoms with Gasteiger partial charge in [0.1, 0.15) is 11.8 Å². The zero-order chi connectivity index (χ0) is 13.8. The van der Waals surface area contributed by atoms with Crippen LogP contribution in [0.1, 0.15) is 6.92 Å². The fourth-order valence-corrected chi connectivity index (χ4v) is 2.37. The molecule has 1 rings (SSSR count). The number of ether oxygens (including phenoxy) is 1. The van der Waals surface area contributed by atoms with Crippen molar-refractivity contribution in [1.29, 1.82) is 0 Å². The van der Waals surface area contributed by atoms with Gasteiger partial charge in [-0.25, -0.2) is 13.2 Å². The van der Waals surface area contributed by atoms with E-state index < -0.39 is 33.5 Å². The highest BCUT2D eigenvalue weighted by Crippen LogP contribution is 2.07. The number of esters is 1. The van der Waals surface area contributed by atoms with E-state index in [1.54, 1.807) is 6.92 Å². The Kier molecular flexibility index (Phi) is 5.09. The lowest BCUT2D eigenvalue weighted by Crippen LogP contribution is -2.58. The Balaban J connectivity index is 2.76. The molecule has 0 saturated carbocycles. The van der Waals surface area contributed by atoms with Crippen LogP contribution in [0.25, 0.3) is 0 Å². The second kappa shape index (κ2) is 6.14. The summed E-state index contributed by atoms with van der Waals surface area (Å²) < 4.78 is 27.1. The smallest absolute Gasteiger partial charge is 0.330 e. The van der Waals surface area contributed by atoms with Gasteiger partial charge in [0.25, 0.3) is 0 Å². The molecule has 0 aromatic rings. The van der Waals surface area contributed by atoms with Crippen LogP contribution in [0.5, 0.6) is 0 Å². The normalized spacial score (nSPS) is 20.6. The Morgan fingerprint density at radius 3 is 2.67 bits per heavy atom. The van der Waals surface area contributed by atoms with Crippen LogP contribution < -0.4 is 5.32 Å². The maximum atomic E-state index is 11.8. The van der Waals surface area contributed by atoms with Gasteiger partial charge >= 0.3 is 5.97 Å².